The topological polar surface area (TPSA) is 78.0 Å². The zero-order chi connectivity index (χ0) is 33.5. The molecule has 0 fully saturated rings. The molecule has 0 saturated heterocycles. The number of H-pyrrole nitrogens is 1. The number of benzene rings is 3. The van der Waals surface area contributed by atoms with Crippen molar-refractivity contribution in [2.75, 3.05) is 13.7 Å². The highest BCUT2D eigenvalue weighted by Crippen LogP contribution is 2.43. The number of halogens is 1. The monoisotopic (exact) mass is 700 g/mol. The summed E-state index contributed by atoms with van der Waals surface area (Å²) in [7, 11) is 5.33. The first-order chi connectivity index (χ1) is 23.3. The number of carbonyl (C=O) groups is 1. The number of nitrogens with one attached hydrogen (secondary N) is 1. The highest BCUT2D eigenvalue weighted by molar-refractivity contribution is 7.98. The van der Waals surface area contributed by atoms with Crippen LogP contribution in [0.1, 0.15) is 52.2 Å². The van der Waals surface area contributed by atoms with Crippen molar-refractivity contribution in [1.82, 2.24) is 19.4 Å². The van der Waals surface area contributed by atoms with Crippen molar-refractivity contribution in [1.29, 1.82) is 0 Å². The molecule has 8 bridgehead atoms. The number of aromatic amines is 1. The maximum Gasteiger partial charge on any atom is 0.354 e. The van der Waals surface area contributed by atoms with E-state index in [9.17, 15) is 4.79 Å². The molecule has 6 aromatic rings. The zero-order valence-electron chi connectivity index (χ0n) is 27.9. The molecule has 1 aliphatic heterocycles. The van der Waals surface area contributed by atoms with Gasteiger partial charge in [0.2, 0.25) is 5.69 Å². The van der Waals surface area contributed by atoms with Crippen LogP contribution in [0.5, 0.6) is 5.75 Å². The van der Waals surface area contributed by atoms with Crippen LogP contribution in [-0.2, 0) is 49.1 Å². The molecular weight excluding hydrogens is 662 g/mol. The van der Waals surface area contributed by atoms with Gasteiger partial charge in [0.15, 0.2) is 6.54 Å². The van der Waals surface area contributed by atoms with Gasteiger partial charge in [0.1, 0.15) is 11.4 Å². The Kier molecular flexibility index (Phi) is 9.24. The number of esters is 1. The Morgan fingerprint density at radius 2 is 1.92 bits per heavy atom. The molecule has 8 nitrogen and oxygen atoms in total. The van der Waals surface area contributed by atoms with Gasteiger partial charge in [-0.15, -0.1) is 28.2 Å². The standard InChI is InChI=1S/C37H38ClN5O3S2/c1-6-43-25-17-24(39-43)19-47-21-31-33(22(2)42(4)40-31)34-30(38)14-13-29-28(36(37(44)45-5)41(3)35(29)34)12-9-15-46-32-18-26(48-20-25)16-23-10-7-8-11-27(23)32/h7-8,10-11,13-14,16-18H,6,9,12,15,19-21H2,1-5H3/p+1. The predicted molar refractivity (Wildman–Crippen MR) is 195 cm³/mol. The van der Waals surface area contributed by atoms with Gasteiger partial charge in [-0.25, -0.2) is 4.79 Å². The van der Waals surface area contributed by atoms with E-state index in [2.05, 4.69) is 66.1 Å². The zero-order valence-corrected chi connectivity index (χ0v) is 30.2. The van der Waals surface area contributed by atoms with Gasteiger partial charge < -0.3 is 14.0 Å². The minimum atomic E-state index is -0.370. The third kappa shape index (κ3) is 5.88. The van der Waals surface area contributed by atoms with E-state index in [0.717, 1.165) is 73.6 Å². The summed E-state index contributed by atoms with van der Waals surface area (Å²) in [4.78, 5) is 14.5. The molecule has 0 radical (unpaired) electrons. The molecule has 248 valence electrons. The molecule has 1 N–H and O–H groups in total. The normalized spacial score (nSPS) is 14.1. The first kappa shape index (κ1) is 32.7. The van der Waals surface area contributed by atoms with Crippen LogP contribution < -0.4 is 9.42 Å². The van der Waals surface area contributed by atoms with Crippen LogP contribution >= 0.6 is 35.1 Å². The fraction of sp³-hybridized carbons (Fsp3) is 0.324. The van der Waals surface area contributed by atoms with E-state index < -0.39 is 0 Å². The van der Waals surface area contributed by atoms with E-state index >= 15 is 0 Å². The fourth-order valence-corrected chi connectivity index (χ4v) is 8.95. The van der Waals surface area contributed by atoms with Crippen LogP contribution in [-0.4, -0.2) is 39.1 Å². The second kappa shape index (κ2) is 13.6. The van der Waals surface area contributed by atoms with Crippen LogP contribution in [0.15, 0.2) is 59.5 Å². The van der Waals surface area contributed by atoms with Crippen LogP contribution in [0.2, 0.25) is 5.02 Å². The Balaban J connectivity index is 1.37. The van der Waals surface area contributed by atoms with E-state index in [4.69, 9.17) is 26.2 Å². The predicted octanol–water partition coefficient (Wildman–Crippen LogP) is 8.17. The number of aryl methyl sites for hydroxylation is 4. The van der Waals surface area contributed by atoms with E-state index in [0.29, 0.717) is 35.9 Å². The smallest absolute Gasteiger partial charge is 0.354 e. The van der Waals surface area contributed by atoms with Crippen LogP contribution in [0, 0.1) is 6.92 Å². The molecule has 4 heterocycles. The lowest BCUT2D eigenvalue weighted by atomic mass is 9.98. The number of aromatic nitrogens is 5. The molecule has 11 heteroatoms. The molecule has 3 aromatic carbocycles. The van der Waals surface area contributed by atoms with Crippen LogP contribution in [0.3, 0.4) is 0 Å². The number of ether oxygens (including phenoxy) is 2. The van der Waals surface area contributed by atoms with Gasteiger partial charge in [-0.1, -0.05) is 41.9 Å². The van der Waals surface area contributed by atoms with E-state index in [1.54, 1.807) is 0 Å². The summed E-state index contributed by atoms with van der Waals surface area (Å²) in [5.41, 5.74) is 8.69. The van der Waals surface area contributed by atoms with Crippen LogP contribution in [0.25, 0.3) is 32.8 Å². The summed E-state index contributed by atoms with van der Waals surface area (Å²) in [5.74, 6) is 2.86. The molecule has 0 amide bonds. The maximum atomic E-state index is 13.3. The highest BCUT2D eigenvalue weighted by atomic mass is 35.5. The Morgan fingerprint density at radius 1 is 1.08 bits per heavy atom. The number of fused-ring (bicyclic) bond motifs is 8. The van der Waals surface area contributed by atoms with Crippen molar-refractivity contribution in [3.05, 3.63) is 93.7 Å². The Bertz CT molecular complexity index is 2180. The molecule has 0 saturated carbocycles. The van der Waals surface area contributed by atoms with Crippen LogP contribution in [0.4, 0.5) is 0 Å². The average Bonchev–Trinajstić information content (AvgIpc) is 3.71. The summed E-state index contributed by atoms with van der Waals surface area (Å²) in [5, 5.41) is 12.4. The Labute approximate surface area is 293 Å². The number of rotatable bonds is 2. The summed E-state index contributed by atoms with van der Waals surface area (Å²) in [6.45, 7) is 5.61. The maximum absolute atomic E-state index is 13.3. The lowest BCUT2D eigenvalue weighted by Gasteiger charge is -2.12. The SMILES string of the molecule is CC[n+]1[nH]c2cc1CSc1cc(c3ccccc3c1)OCCCc1c(C(=O)OC)n(C)c3c(c(Cl)ccc13)-c1c(nn(C)c1C)CSC2. The summed E-state index contributed by atoms with van der Waals surface area (Å²) in [6.07, 6.45) is 1.35. The molecule has 0 spiro atoms. The quantitative estimate of drug-likeness (QED) is 0.145. The lowest BCUT2D eigenvalue weighted by molar-refractivity contribution is -0.753. The van der Waals surface area contributed by atoms with Gasteiger partial charge in [0.25, 0.3) is 0 Å². The summed E-state index contributed by atoms with van der Waals surface area (Å²) >= 11 is 10.7. The molecule has 0 aliphatic carbocycles. The average molecular weight is 701 g/mol. The fourth-order valence-electron chi connectivity index (χ4n) is 6.88. The van der Waals surface area contributed by atoms with Gasteiger partial charge in [0, 0.05) is 64.2 Å². The number of methoxy groups -OCH3 is 1. The highest BCUT2D eigenvalue weighted by Gasteiger charge is 2.28. The van der Waals surface area contributed by atoms with E-state index in [1.165, 1.54) is 23.4 Å². The summed E-state index contributed by atoms with van der Waals surface area (Å²) in [6, 6.07) is 19.0. The minimum Gasteiger partial charge on any atom is -0.493 e. The molecule has 0 unspecified atom stereocenters. The van der Waals surface area contributed by atoms with Crippen molar-refractivity contribution < 1.29 is 19.0 Å². The van der Waals surface area contributed by atoms with Gasteiger partial charge in [0.05, 0.1) is 41.4 Å². The van der Waals surface area contributed by atoms with E-state index in [1.807, 2.05) is 59.0 Å². The number of thioether (sulfide) groups is 2. The van der Waals surface area contributed by atoms with Crippen molar-refractivity contribution in [3.63, 3.8) is 0 Å². The molecule has 1 aliphatic rings. The van der Waals surface area contributed by atoms with Crippen molar-refractivity contribution in [2.24, 2.45) is 14.1 Å². The molecule has 48 heavy (non-hydrogen) atoms. The molecular formula is C37H39ClN5O3S2+. The Morgan fingerprint density at radius 3 is 2.73 bits per heavy atom. The number of hydrogen-bond acceptors (Lipinski definition) is 6. The summed E-state index contributed by atoms with van der Waals surface area (Å²) < 4.78 is 17.9. The first-order valence-electron chi connectivity index (χ1n) is 16.2. The van der Waals surface area contributed by atoms with Gasteiger partial charge >= 0.3 is 5.97 Å². The second-order valence-electron chi connectivity index (χ2n) is 12.1. The first-order valence-corrected chi connectivity index (χ1v) is 18.7. The molecule has 3 aromatic heterocycles. The van der Waals surface area contributed by atoms with Gasteiger partial charge in [-0.3, -0.25) is 4.68 Å². The van der Waals surface area contributed by atoms with Crippen molar-refractivity contribution in [3.8, 4) is 16.9 Å². The second-order valence-corrected chi connectivity index (χ2v) is 14.6. The third-order valence-corrected chi connectivity index (χ3v) is 11.6. The Hall–Kier alpha value is -3.86. The number of hydrogen-bond donors (Lipinski definition) is 1. The number of nitrogens with zero attached hydrogens (tertiary/aromatic N) is 4. The van der Waals surface area contributed by atoms with E-state index in [-0.39, 0.29) is 5.97 Å². The van der Waals surface area contributed by atoms with Crippen molar-refractivity contribution >= 4 is 62.8 Å². The number of carbonyl (C=O) groups excluding carboxylic acids is 1. The van der Waals surface area contributed by atoms with Gasteiger partial charge in [-0.05, 0) is 55.8 Å². The minimum absolute atomic E-state index is 0.370. The van der Waals surface area contributed by atoms with Crippen molar-refractivity contribution in [2.45, 2.75) is 55.4 Å². The third-order valence-electron chi connectivity index (χ3n) is 9.24. The lowest BCUT2D eigenvalue weighted by Crippen LogP contribution is -2.38. The molecule has 0 atom stereocenters. The molecule has 7 rings (SSSR count). The van der Waals surface area contributed by atoms with Gasteiger partial charge in [-0.2, -0.15) is 10.2 Å². The largest absolute Gasteiger partial charge is 0.493 e.